The maximum Gasteiger partial charge on any atom is 0.417 e. The minimum atomic E-state index is -4.71. The second-order valence-corrected chi connectivity index (χ2v) is 6.00. The van der Waals surface area contributed by atoms with Crippen LogP contribution >= 0.6 is 7.60 Å². The van der Waals surface area contributed by atoms with Gasteiger partial charge in [-0.05, 0) is 31.5 Å². The molecule has 0 aliphatic rings. The minimum Gasteiger partial charge on any atom is -0.497 e. The van der Waals surface area contributed by atoms with E-state index >= 15 is 0 Å². The summed E-state index contributed by atoms with van der Waals surface area (Å²) in [7, 11) is -2.64. The van der Waals surface area contributed by atoms with Crippen molar-refractivity contribution in [2.75, 3.05) is 20.3 Å². The van der Waals surface area contributed by atoms with Crippen LogP contribution in [0.2, 0.25) is 0 Å². The van der Waals surface area contributed by atoms with Gasteiger partial charge in [-0.3, -0.25) is 4.57 Å². The second kappa shape index (κ2) is 7.81. The Morgan fingerprint density at radius 1 is 1.23 bits per heavy atom. The van der Waals surface area contributed by atoms with Crippen molar-refractivity contribution in [2.45, 2.75) is 20.0 Å². The quantitative estimate of drug-likeness (QED) is 0.666. The molecule has 124 valence electrons. The third-order valence-electron chi connectivity index (χ3n) is 2.59. The van der Waals surface area contributed by atoms with Crippen LogP contribution in [0.25, 0.3) is 5.57 Å². The number of methoxy groups -OCH3 is 1. The Balaban J connectivity index is 3.39. The van der Waals surface area contributed by atoms with Gasteiger partial charge in [0, 0.05) is 5.82 Å². The fourth-order valence-corrected chi connectivity index (χ4v) is 3.29. The van der Waals surface area contributed by atoms with Crippen LogP contribution < -0.4 is 4.74 Å². The molecule has 0 N–H and O–H groups in total. The van der Waals surface area contributed by atoms with Crippen LogP contribution in [0.1, 0.15) is 19.4 Å². The molecule has 0 aliphatic heterocycles. The smallest absolute Gasteiger partial charge is 0.417 e. The number of allylic oxidation sites excluding steroid dienone is 1. The monoisotopic (exact) mass is 338 g/mol. The molecule has 0 amide bonds. The Hall–Kier alpha value is -1.30. The first-order valence-corrected chi connectivity index (χ1v) is 8.20. The first-order valence-electron chi connectivity index (χ1n) is 6.59. The highest BCUT2D eigenvalue weighted by molar-refractivity contribution is 7.57. The maximum absolute atomic E-state index is 13.3. The van der Waals surface area contributed by atoms with Crippen LogP contribution in [0.4, 0.5) is 13.2 Å². The number of halogens is 3. The van der Waals surface area contributed by atoms with Crippen LogP contribution in [0, 0.1) is 0 Å². The van der Waals surface area contributed by atoms with Crippen molar-refractivity contribution in [2.24, 2.45) is 0 Å². The van der Waals surface area contributed by atoms with Crippen molar-refractivity contribution in [3.63, 3.8) is 0 Å². The Labute approximate surface area is 127 Å². The zero-order chi connectivity index (χ0) is 16.8. The summed E-state index contributed by atoms with van der Waals surface area (Å²) in [4.78, 5) is 0. The van der Waals surface area contributed by atoms with Gasteiger partial charge in [-0.15, -0.1) is 0 Å². The zero-order valence-electron chi connectivity index (χ0n) is 12.5. The van der Waals surface area contributed by atoms with Gasteiger partial charge >= 0.3 is 13.8 Å². The number of ether oxygens (including phenoxy) is 1. The van der Waals surface area contributed by atoms with Gasteiger partial charge in [-0.1, -0.05) is 12.1 Å². The molecule has 0 radical (unpaired) electrons. The van der Waals surface area contributed by atoms with E-state index in [4.69, 9.17) is 13.8 Å². The summed E-state index contributed by atoms with van der Waals surface area (Å²) in [6.45, 7) is 2.99. The summed E-state index contributed by atoms with van der Waals surface area (Å²) < 4.78 is 67.0. The number of benzene rings is 1. The van der Waals surface area contributed by atoms with Crippen LogP contribution in [-0.4, -0.2) is 26.5 Å². The molecule has 1 aromatic rings. The third kappa shape index (κ3) is 5.16. The van der Waals surface area contributed by atoms with Crippen LogP contribution in [0.15, 0.2) is 30.1 Å². The molecule has 0 spiro atoms. The van der Waals surface area contributed by atoms with E-state index in [-0.39, 0.29) is 24.5 Å². The molecule has 0 heterocycles. The molecule has 0 saturated heterocycles. The summed E-state index contributed by atoms with van der Waals surface area (Å²) in [5.74, 6) is 0.782. The molecule has 0 bridgehead atoms. The lowest BCUT2D eigenvalue weighted by molar-refractivity contribution is -0.0689. The van der Waals surface area contributed by atoms with Crippen molar-refractivity contribution in [3.05, 3.63) is 35.6 Å². The summed E-state index contributed by atoms with van der Waals surface area (Å²) in [6, 6.07) is 5.40. The largest absolute Gasteiger partial charge is 0.497 e. The van der Waals surface area contributed by atoms with Gasteiger partial charge in [0.15, 0.2) is 0 Å². The molecule has 0 fully saturated rings. The lowest BCUT2D eigenvalue weighted by Gasteiger charge is -2.18. The highest BCUT2D eigenvalue weighted by atomic mass is 31.2. The fourth-order valence-electron chi connectivity index (χ4n) is 1.73. The first kappa shape index (κ1) is 18.7. The molecule has 4 nitrogen and oxygen atoms in total. The van der Waals surface area contributed by atoms with Crippen molar-refractivity contribution in [1.82, 2.24) is 0 Å². The average Bonchev–Trinajstić information content (AvgIpc) is 2.44. The number of rotatable bonds is 7. The maximum atomic E-state index is 13.3. The van der Waals surface area contributed by atoms with Gasteiger partial charge in [-0.25, -0.2) is 0 Å². The molecule has 0 saturated carbocycles. The number of hydrogen-bond donors (Lipinski definition) is 0. The number of hydrogen-bond acceptors (Lipinski definition) is 4. The van der Waals surface area contributed by atoms with Crippen LogP contribution in [0.3, 0.4) is 0 Å². The highest BCUT2D eigenvalue weighted by Gasteiger charge is 2.38. The minimum absolute atomic E-state index is 0.0307. The molecule has 0 unspecified atom stereocenters. The second-order valence-electron chi connectivity index (χ2n) is 4.15. The molecule has 0 aromatic heterocycles. The Morgan fingerprint density at radius 2 is 1.82 bits per heavy atom. The third-order valence-corrected chi connectivity index (χ3v) is 4.40. The molecule has 0 aliphatic carbocycles. The van der Waals surface area contributed by atoms with E-state index in [1.165, 1.54) is 45.2 Å². The summed E-state index contributed by atoms with van der Waals surface area (Å²) in [5.41, 5.74) is -1.26. The SMILES string of the molecule is CCOP(=O)(/C=C(/c1cccc(OC)c1)C(F)(F)F)OCC. The lowest BCUT2D eigenvalue weighted by Crippen LogP contribution is -2.11. The Kier molecular flexibility index (Phi) is 6.66. The first-order chi connectivity index (χ1) is 10.3. The van der Waals surface area contributed by atoms with Gasteiger partial charge in [0.1, 0.15) is 5.75 Å². The van der Waals surface area contributed by atoms with Crippen molar-refractivity contribution in [1.29, 1.82) is 0 Å². The van der Waals surface area contributed by atoms with E-state index in [0.29, 0.717) is 5.82 Å². The van der Waals surface area contributed by atoms with E-state index in [1.54, 1.807) is 0 Å². The highest BCUT2D eigenvalue weighted by Crippen LogP contribution is 2.53. The Bertz CT molecular complexity index is 559. The molecule has 0 atom stereocenters. The normalized spacial score (nSPS) is 13.3. The van der Waals surface area contributed by atoms with Crippen molar-refractivity contribution in [3.8, 4) is 5.75 Å². The molecular weight excluding hydrogens is 320 g/mol. The summed E-state index contributed by atoms with van der Waals surface area (Å²) in [5, 5.41) is 0. The summed E-state index contributed by atoms with van der Waals surface area (Å²) in [6.07, 6.45) is -4.71. The molecule has 1 aromatic carbocycles. The van der Waals surface area contributed by atoms with Gasteiger partial charge < -0.3 is 13.8 Å². The van der Waals surface area contributed by atoms with Gasteiger partial charge in [0.05, 0.1) is 25.9 Å². The topological polar surface area (TPSA) is 44.8 Å². The molecule has 8 heteroatoms. The van der Waals surface area contributed by atoms with Crippen LogP contribution in [-0.2, 0) is 13.6 Å². The van der Waals surface area contributed by atoms with E-state index in [2.05, 4.69) is 0 Å². The van der Waals surface area contributed by atoms with Crippen LogP contribution in [0.5, 0.6) is 5.75 Å². The lowest BCUT2D eigenvalue weighted by atomic mass is 10.1. The standard InChI is InChI=1S/C14H18F3O4P/c1-4-20-22(18,21-5-2)10-13(14(15,16)17)11-7-6-8-12(9-11)19-3/h6-10H,4-5H2,1-3H3/b13-10-. The molecule has 22 heavy (non-hydrogen) atoms. The predicted molar refractivity (Wildman–Crippen MR) is 77.9 cm³/mol. The zero-order valence-corrected chi connectivity index (χ0v) is 13.4. The van der Waals surface area contributed by atoms with Gasteiger partial charge in [0.25, 0.3) is 0 Å². The predicted octanol–water partition coefficient (Wildman–Crippen LogP) is 4.86. The van der Waals surface area contributed by atoms with E-state index < -0.39 is 19.3 Å². The average molecular weight is 338 g/mol. The molecule has 1 rings (SSSR count). The van der Waals surface area contributed by atoms with Crippen molar-refractivity contribution >= 4 is 13.2 Å². The van der Waals surface area contributed by atoms with Crippen molar-refractivity contribution < 1.29 is 31.5 Å². The van der Waals surface area contributed by atoms with E-state index in [0.717, 1.165) is 0 Å². The fraction of sp³-hybridized carbons (Fsp3) is 0.429. The molecular formula is C14H18F3O4P. The number of alkyl halides is 3. The Morgan fingerprint density at radius 3 is 2.27 bits per heavy atom. The van der Waals surface area contributed by atoms with E-state index in [9.17, 15) is 17.7 Å². The summed E-state index contributed by atoms with van der Waals surface area (Å²) >= 11 is 0. The van der Waals surface area contributed by atoms with Gasteiger partial charge in [-0.2, -0.15) is 13.2 Å². The van der Waals surface area contributed by atoms with Gasteiger partial charge in [0.2, 0.25) is 0 Å². The van der Waals surface area contributed by atoms with E-state index in [1.807, 2.05) is 0 Å².